The van der Waals surface area contributed by atoms with E-state index >= 15 is 0 Å². The molecule has 0 aliphatic heterocycles. The molecule has 0 aliphatic rings. The van der Waals surface area contributed by atoms with Gasteiger partial charge in [0.1, 0.15) is 0 Å². The van der Waals surface area contributed by atoms with E-state index in [1.807, 2.05) is 0 Å². The molecular formula is C11H18N2. The highest BCUT2D eigenvalue weighted by atomic mass is 14.7. The van der Waals surface area contributed by atoms with E-state index in [2.05, 4.69) is 32.0 Å². The summed E-state index contributed by atoms with van der Waals surface area (Å²) in [6.45, 7) is 4.84. The van der Waals surface area contributed by atoms with E-state index in [0.717, 1.165) is 6.42 Å². The Labute approximate surface area is 79.9 Å². The Bertz CT molecular complexity index is 261. The molecule has 0 radical (unpaired) electrons. The third kappa shape index (κ3) is 2.29. The van der Waals surface area contributed by atoms with Crippen molar-refractivity contribution in [1.82, 2.24) is 0 Å². The minimum Gasteiger partial charge on any atom is -0.330 e. The molecule has 4 N–H and O–H groups in total. The lowest BCUT2D eigenvalue weighted by atomic mass is 9.95. The van der Waals surface area contributed by atoms with E-state index in [1.54, 1.807) is 0 Å². The van der Waals surface area contributed by atoms with E-state index in [4.69, 9.17) is 11.5 Å². The summed E-state index contributed by atoms with van der Waals surface area (Å²) in [5, 5.41) is 0. The lowest BCUT2D eigenvalue weighted by molar-refractivity contribution is 0.654. The SMILES string of the molecule is Cc1cccc(C)c1[C@@H](N)CCN. The van der Waals surface area contributed by atoms with E-state index in [9.17, 15) is 0 Å². The van der Waals surface area contributed by atoms with Crippen LogP contribution in [0.2, 0.25) is 0 Å². The van der Waals surface area contributed by atoms with Gasteiger partial charge in [-0.15, -0.1) is 0 Å². The molecule has 0 amide bonds. The largest absolute Gasteiger partial charge is 0.330 e. The van der Waals surface area contributed by atoms with Crippen LogP contribution in [0.15, 0.2) is 18.2 Å². The fourth-order valence-electron chi connectivity index (χ4n) is 1.74. The second-order valence-electron chi connectivity index (χ2n) is 3.49. The fraction of sp³-hybridized carbons (Fsp3) is 0.455. The molecule has 13 heavy (non-hydrogen) atoms. The molecule has 0 spiro atoms. The fourth-order valence-corrected chi connectivity index (χ4v) is 1.74. The molecule has 72 valence electrons. The van der Waals surface area contributed by atoms with E-state index in [0.29, 0.717) is 6.54 Å². The predicted octanol–water partition coefficient (Wildman–Crippen LogP) is 1.65. The molecule has 1 aromatic carbocycles. The van der Waals surface area contributed by atoms with Crippen molar-refractivity contribution < 1.29 is 0 Å². The maximum atomic E-state index is 6.03. The first-order chi connectivity index (χ1) is 6.16. The molecule has 0 unspecified atom stereocenters. The first kappa shape index (κ1) is 10.2. The summed E-state index contributed by atoms with van der Waals surface area (Å²) in [5.41, 5.74) is 15.3. The zero-order valence-corrected chi connectivity index (χ0v) is 8.38. The Morgan fingerprint density at radius 2 is 1.77 bits per heavy atom. The summed E-state index contributed by atoms with van der Waals surface area (Å²) in [4.78, 5) is 0. The normalized spacial score (nSPS) is 12.9. The Balaban J connectivity index is 2.98. The van der Waals surface area contributed by atoms with Crippen molar-refractivity contribution in [3.05, 3.63) is 34.9 Å². The molecule has 2 heteroatoms. The summed E-state index contributed by atoms with van der Waals surface area (Å²) >= 11 is 0. The number of benzene rings is 1. The van der Waals surface area contributed by atoms with E-state index < -0.39 is 0 Å². The van der Waals surface area contributed by atoms with Gasteiger partial charge in [-0.3, -0.25) is 0 Å². The van der Waals surface area contributed by atoms with Crippen molar-refractivity contribution in [3.63, 3.8) is 0 Å². The lowest BCUT2D eigenvalue weighted by Crippen LogP contribution is -2.17. The summed E-state index contributed by atoms with van der Waals surface area (Å²) in [7, 11) is 0. The minimum absolute atomic E-state index is 0.0891. The van der Waals surface area contributed by atoms with Gasteiger partial charge in [0, 0.05) is 6.04 Å². The highest BCUT2D eigenvalue weighted by Crippen LogP contribution is 2.21. The Hall–Kier alpha value is -0.860. The molecule has 1 aromatic rings. The van der Waals surface area contributed by atoms with E-state index in [1.165, 1.54) is 16.7 Å². The molecule has 1 rings (SSSR count). The van der Waals surface area contributed by atoms with Gasteiger partial charge < -0.3 is 11.5 Å². The third-order valence-electron chi connectivity index (χ3n) is 2.39. The lowest BCUT2D eigenvalue weighted by Gasteiger charge is -2.16. The number of hydrogen-bond donors (Lipinski definition) is 2. The first-order valence-corrected chi connectivity index (χ1v) is 4.68. The van der Waals surface area contributed by atoms with Gasteiger partial charge in [0.05, 0.1) is 0 Å². The maximum Gasteiger partial charge on any atom is 0.0312 e. The molecule has 0 saturated carbocycles. The summed E-state index contributed by atoms with van der Waals surface area (Å²) < 4.78 is 0. The van der Waals surface area contributed by atoms with Crippen LogP contribution in [0.1, 0.15) is 29.2 Å². The van der Waals surface area contributed by atoms with Crippen LogP contribution < -0.4 is 11.5 Å². The van der Waals surface area contributed by atoms with Crippen molar-refractivity contribution in [3.8, 4) is 0 Å². The van der Waals surface area contributed by atoms with Crippen LogP contribution in [0.25, 0.3) is 0 Å². The van der Waals surface area contributed by atoms with Crippen molar-refractivity contribution in [2.24, 2.45) is 11.5 Å². The standard InChI is InChI=1S/C11H18N2/c1-8-4-3-5-9(2)11(8)10(13)6-7-12/h3-5,10H,6-7,12-13H2,1-2H3/t10-/m0/s1. The molecule has 1 atom stereocenters. The van der Waals surface area contributed by atoms with Crippen LogP contribution in [0.4, 0.5) is 0 Å². The Morgan fingerprint density at radius 1 is 1.23 bits per heavy atom. The van der Waals surface area contributed by atoms with Gasteiger partial charge >= 0.3 is 0 Å². The van der Waals surface area contributed by atoms with Gasteiger partial charge in [-0.25, -0.2) is 0 Å². The van der Waals surface area contributed by atoms with Gasteiger partial charge in [-0.2, -0.15) is 0 Å². The highest BCUT2D eigenvalue weighted by molar-refractivity contribution is 5.35. The summed E-state index contributed by atoms with van der Waals surface area (Å²) in [5.74, 6) is 0. The average Bonchev–Trinajstić information content (AvgIpc) is 2.04. The van der Waals surface area contributed by atoms with Gasteiger partial charge in [-0.1, -0.05) is 18.2 Å². The van der Waals surface area contributed by atoms with E-state index in [-0.39, 0.29) is 6.04 Å². The van der Waals surface area contributed by atoms with Crippen LogP contribution in [0.3, 0.4) is 0 Å². The number of nitrogens with two attached hydrogens (primary N) is 2. The van der Waals surface area contributed by atoms with Gasteiger partial charge in [0.15, 0.2) is 0 Å². The molecule has 2 nitrogen and oxygen atoms in total. The van der Waals surface area contributed by atoms with Crippen molar-refractivity contribution in [2.45, 2.75) is 26.3 Å². The molecular weight excluding hydrogens is 160 g/mol. The summed E-state index contributed by atoms with van der Waals surface area (Å²) in [6, 6.07) is 6.34. The number of aryl methyl sites for hydroxylation is 2. The van der Waals surface area contributed by atoms with Crippen molar-refractivity contribution >= 4 is 0 Å². The Kier molecular flexibility index (Phi) is 3.46. The van der Waals surface area contributed by atoms with Gasteiger partial charge in [0.2, 0.25) is 0 Å². The first-order valence-electron chi connectivity index (χ1n) is 4.68. The van der Waals surface area contributed by atoms with Crippen LogP contribution in [0.5, 0.6) is 0 Å². The second kappa shape index (κ2) is 4.40. The third-order valence-corrected chi connectivity index (χ3v) is 2.39. The molecule has 0 fully saturated rings. The van der Waals surface area contributed by atoms with Crippen LogP contribution in [0, 0.1) is 13.8 Å². The van der Waals surface area contributed by atoms with Gasteiger partial charge in [0.25, 0.3) is 0 Å². The zero-order chi connectivity index (χ0) is 9.84. The average molecular weight is 178 g/mol. The molecule has 0 bridgehead atoms. The number of rotatable bonds is 3. The Morgan fingerprint density at radius 3 is 2.23 bits per heavy atom. The van der Waals surface area contributed by atoms with Crippen molar-refractivity contribution in [2.75, 3.05) is 6.54 Å². The topological polar surface area (TPSA) is 52.0 Å². The summed E-state index contributed by atoms with van der Waals surface area (Å²) in [6.07, 6.45) is 0.853. The molecule has 0 heterocycles. The monoisotopic (exact) mass is 178 g/mol. The van der Waals surface area contributed by atoms with Crippen LogP contribution in [-0.4, -0.2) is 6.54 Å². The molecule has 0 aromatic heterocycles. The van der Waals surface area contributed by atoms with Crippen molar-refractivity contribution in [1.29, 1.82) is 0 Å². The molecule has 0 aliphatic carbocycles. The smallest absolute Gasteiger partial charge is 0.0312 e. The quantitative estimate of drug-likeness (QED) is 0.739. The van der Waals surface area contributed by atoms with Crippen LogP contribution in [-0.2, 0) is 0 Å². The number of hydrogen-bond acceptors (Lipinski definition) is 2. The van der Waals surface area contributed by atoms with Crippen LogP contribution >= 0.6 is 0 Å². The van der Waals surface area contributed by atoms with Gasteiger partial charge in [-0.05, 0) is 43.5 Å². The minimum atomic E-state index is 0.0891. The highest BCUT2D eigenvalue weighted by Gasteiger charge is 2.09. The molecule has 0 saturated heterocycles. The second-order valence-corrected chi connectivity index (χ2v) is 3.49. The predicted molar refractivity (Wildman–Crippen MR) is 56.5 cm³/mol. The zero-order valence-electron chi connectivity index (χ0n) is 8.38. The maximum absolute atomic E-state index is 6.03.